The van der Waals surface area contributed by atoms with Crippen molar-refractivity contribution in [3.05, 3.63) is 70.8 Å². The van der Waals surface area contributed by atoms with E-state index in [0.717, 1.165) is 17.0 Å². The summed E-state index contributed by atoms with van der Waals surface area (Å²) in [5, 5.41) is 12.4. The first-order valence-electron chi connectivity index (χ1n) is 8.31. The average Bonchev–Trinajstić information content (AvgIpc) is 3.33. The van der Waals surface area contributed by atoms with Crippen molar-refractivity contribution in [1.82, 2.24) is 20.0 Å². The molecule has 0 bridgehead atoms. The minimum absolute atomic E-state index is 0.144. The van der Waals surface area contributed by atoms with Gasteiger partial charge in [0.1, 0.15) is 9.96 Å². The van der Waals surface area contributed by atoms with Gasteiger partial charge in [0.15, 0.2) is 5.82 Å². The molecule has 0 saturated heterocycles. The normalized spacial score (nSPS) is 11.4. The van der Waals surface area contributed by atoms with Crippen LogP contribution in [0.1, 0.15) is 5.69 Å². The lowest BCUT2D eigenvalue weighted by Crippen LogP contribution is -2.11. The number of rotatable bonds is 6. The molecule has 11 heteroatoms. The third-order valence-electron chi connectivity index (χ3n) is 3.73. The Morgan fingerprint density at radius 1 is 1.03 bits per heavy atom. The van der Waals surface area contributed by atoms with Crippen molar-refractivity contribution in [1.29, 1.82) is 0 Å². The van der Waals surface area contributed by atoms with Gasteiger partial charge in [-0.2, -0.15) is 5.10 Å². The maximum Gasteiger partial charge on any atom is 0.271 e. The summed E-state index contributed by atoms with van der Waals surface area (Å²) in [6, 6.07) is 14.7. The molecular weight excluding hydrogens is 434 g/mol. The highest BCUT2D eigenvalue weighted by molar-refractivity contribution is 7.94. The largest absolute Gasteiger partial charge is 0.438 e. The van der Waals surface area contributed by atoms with Crippen LogP contribution in [0.4, 0.5) is 5.69 Å². The van der Waals surface area contributed by atoms with Crippen LogP contribution in [0.25, 0.3) is 5.82 Å². The lowest BCUT2D eigenvalue weighted by molar-refractivity contribution is 0.454. The first kappa shape index (κ1) is 19.4. The van der Waals surface area contributed by atoms with Crippen molar-refractivity contribution < 1.29 is 13.2 Å². The second-order valence-corrected chi connectivity index (χ2v) is 9.55. The van der Waals surface area contributed by atoms with Crippen LogP contribution in [0, 0.1) is 6.92 Å². The number of benzene rings is 1. The number of aromatic nitrogens is 4. The summed E-state index contributed by atoms with van der Waals surface area (Å²) in [6.07, 6.45) is 1.80. The molecule has 0 aliphatic rings. The maximum atomic E-state index is 12.3. The maximum absolute atomic E-state index is 12.3. The molecule has 0 aliphatic carbocycles. The van der Waals surface area contributed by atoms with Crippen LogP contribution < -0.4 is 9.46 Å². The van der Waals surface area contributed by atoms with Gasteiger partial charge in [-0.15, -0.1) is 21.5 Å². The van der Waals surface area contributed by atoms with Crippen LogP contribution in [0.2, 0.25) is 4.34 Å². The molecule has 0 radical (unpaired) electrons. The van der Waals surface area contributed by atoms with Crippen LogP contribution in [0.15, 0.2) is 65.0 Å². The monoisotopic (exact) mass is 447 g/mol. The van der Waals surface area contributed by atoms with Crippen LogP contribution >= 0.6 is 22.9 Å². The zero-order valence-electron chi connectivity index (χ0n) is 15.0. The molecule has 4 aromatic rings. The van der Waals surface area contributed by atoms with Crippen LogP contribution in [0.3, 0.4) is 0 Å². The third-order valence-corrected chi connectivity index (χ3v) is 6.83. The van der Waals surface area contributed by atoms with Gasteiger partial charge in [0.25, 0.3) is 10.0 Å². The molecule has 0 saturated carbocycles. The van der Waals surface area contributed by atoms with Gasteiger partial charge in [-0.3, -0.25) is 4.72 Å². The standard InChI is InChI=1S/C18H14ClN5O3S2/c1-12-10-11-24(22-12)16-7-8-17(21-20-16)27-14-4-2-13(3-5-14)23-29(25,26)18-9-6-15(19)28-18/h2-11,23H,1H3. The molecule has 3 heterocycles. The number of aryl methyl sites for hydroxylation is 1. The smallest absolute Gasteiger partial charge is 0.271 e. The van der Waals surface area contributed by atoms with E-state index in [9.17, 15) is 8.42 Å². The van der Waals surface area contributed by atoms with E-state index in [4.69, 9.17) is 16.3 Å². The van der Waals surface area contributed by atoms with Gasteiger partial charge in [0.2, 0.25) is 5.88 Å². The molecule has 1 aromatic carbocycles. The lowest BCUT2D eigenvalue weighted by atomic mass is 10.3. The molecule has 0 atom stereocenters. The first-order chi connectivity index (χ1) is 13.9. The zero-order valence-corrected chi connectivity index (χ0v) is 17.4. The second kappa shape index (κ2) is 7.82. The minimum Gasteiger partial charge on any atom is -0.438 e. The average molecular weight is 448 g/mol. The van der Waals surface area contributed by atoms with Crippen LogP contribution in [-0.2, 0) is 10.0 Å². The van der Waals surface area contributed by atoms with Gasteiger partial charge >= 0.3 is 0 Å². The molecule has 0 unspecified atom stereocenters. The van der Waals surface area contributed by atoms with Gasteiger partial charge in [-0.25, -0.2) is 13.1 Å². The Bertz CT molecular complexity index is 1240. The number of nitrogens with one attached hydrogen (secondary N) is 1. The van der Waals surface area contributed by atoms with Gasteiger partial charge in [0.05, 0.1) is 10.0 Å². The van der Waals surface area contributed by atoms with Gasteiger partial charge in [-0.05, 0) is 55.5 Å². The topological polar surface area (TPSA) is 99.0 Å². The third kappa shape index (κ3) is 4.56. The number of hydrogen-bond donors (Lipinski definition) is 1. The van der Waals surface area contributed by atoms with Crippen LogP contribution in [0.5, 0.6) is 11.6 Å². The van der Waals surface area contributed by atoms with E-state index >= 15 is 0 Å². The fourth-order valence-electron chi connectivity index (χ4n) is 2.39. The Balaban J connectivity index is 1.43. The van der Waals surface area contributed by atoms with E-state index < -0.39 is 10.0 Å². The van der Waals surface area contributed by atoms with Gasteiger partial charge in [-0.1, -0.05) is 11.6 Å². The Hall–Kier alpha value is -2.95. The van der Waals surface area contributed by atoms with Crippen molar-refractivity contribution in [2.75, 3.05) is 4.72 Å². The van der Waals surface area contributed by atoms with E-state index in [1.54, 1.807) is 47.3 Å². The molecular formula is C18H14ClN5O3S2. The molecule has 1 N–H and O–H groups in total. The van der Waals surface area contributed by atoms with E-state index in [-0.39, 0.29) is 4.21 Å². The van der Waals surface area contributed by atoms with Crippen molar-refractivity contribution >= 4 is 38.6 Å². The van der Waals surface area contributed by atoms with Crippen molar-refractivity contribution in [2.45, 2.75) is 11.1 Å². The number of ether oxygens (including phenoxy) is 1. The molecule has 0 aliphatic heterocycles. The molecule has 0 fully saturated rings. The minimum atomic E-state index is -3.68. The van der Waals surface area contributed by atoms with Crippen molar-refractivity contribution in [3.8, 4) is 17.4 Å². The Kier molecular flexibility index (Phi) is 5.22. The molecule has 29 heavy (non-hydrogen) atoms. The van der Waals surface area contributed by atoms with Crippen LogP contribution in [-0.4, -0.2) is 28.4 Å². The SMILES string of the molecule is Cc1ccn(-c2ccc(Oc3ccc(NS(=O)(=O)c4ccc(Cl)s4)cc3)nn2)n1. The van der Waals surface area contributed by atoms with Crippen molar-refractivity contribution in [3.63, 3.8) is 0 Å². The molecule has 0 spiro atoms. The summed E-state index contributed by atoms with van der Waals surface area (Å²) < 4.78 is 35.0. The fraction of sp³-hybridized carbons (Fsp3) is 0.0556. The zero-order chi connectivity index (χ0) is 20.4. The molecule has 3 aromatic heterocycles. The molecule has 8 nitrogen and oxygen atoms in total. The summed E-state index contributed by atoms with van der Waals surface area (Å²) in [4.78, 5) is 0. The van der Waals surface area contributed by atoms with E-state index in [1.165, 1.54) is 12.1 Å². The highest BCUT2D eigenvalue weighted by Crippen LogP contribution is 2.28. The number of nitrogens with zero attached hydrogens (tertiary/aromatic N) is 4. The summed E-state index contributed by atoms with van der Waals surface area (Å²) >= 11 is 6.80. The fourth-order valence-corrected chi connectivity index (χ4v) is 4.93. The highest BCUT2D eigenvalue weighted by Gasteiger charge is 2.16. The Labute approximate surface area is 175 Å². The number of halogens is 1. The van der Waals surface area contributed by atoms with E-state index in [0.29, 0.717) is 27.5 Å². The summed E-state index contributed by atoms with van der Waals surface area (Å²) in [5.41, 5.74) is 1.28. The number of thiophene rings is 1. The molecule has 0 amide bonds. The lowest BCUT2D eigenvalue weighted by Gasteiger charge is -2.08. The number of sulfonamides is 1. The molecule has 4 rings (SSSR count). The number of anilines is 1. The summed E-state index contributed by atoms with van der Waals surface area (Å²) in [6.45, 7) is 1.89. The van der Waals surface area contributed by atoms with E-state index in [1.807, 2.05) is 13.0 Å². The summed E-state index contributed by atoms with van der Waals surface area (Å²) in [5.74, 6) is 1.37. The van der Waals surface area contributed by atoms with Crippen molar-refractivity contribution in [2.24, 2.45) is 0 Å². The highest BCUT2D eigenvalue weighted by atomic mass is 35.5. The first-order valence-corrected chi connectivity index (χ1v) is 11.0. The summed E-state index contributed by atoms with van der Waals surface area (Å²) in [7, 11) is -3.68. The Morgan fingerprint density at radius 3 is 2.41 bits per heavy atom. The quantitative estimate of drug-likeness (QED) is 0.473. The Morgan fingerprint density at radius 2 is 1.83 bits per heavy atom. The number of hydrogen-bond acceptors (Lipinski definition) is 7. The van der Waals surface area contributed by atoms with Gasteiger partial charge < -0.3 is 4.74 Å². The predicted octanol–water partition coefficient (Wildman–Crippen LogP) is 4.28. The van der Waals surface area contributed by atoms with E-state index in [2.05, 4.69) is 20.0 Å². The van der Waals surface area contributed by atoms with Gasteiger partial charge in [0, 0.05) is 18.0 Å². The molecule has 148 valence electrons. The predicted molar refractivity (Wildman–Crippen MR) is 111 cm³/mol. The second-order valence-electron chi connectivity index (χ2n) is 5.92.